The number of hydrogen-bond acceptors (Lipinski definition) is 5. The van der Waals surface area contributed by atoms with Gasteiger partial charge in [0, 0.05) is 10.6 Å². The summed E-state index contributed by atoms with van der Waals surface area (Å²) in [5, 5.41) is 12.0. The summed E-state index contributed by atoms with van der Waals surface area (Å²) in [5.74, 6) is 0.361. The van der Waals surface area contributed by atoms with Gasteiger partial charge >= 0.3 is 0 Å². The number of carbonyl (C=O) groups excluding carboxylic acids is 1. The smallest absolute Gasteiger partial charge is 0.279 e. The first-order valence-corrected chi connectivity index (χ1v) is 11.0. The number of thiophene rings is 1. The Morgan fingerprint density at radius 3 is 2.97 bits per heavy atom. The molecule has 0 bridgehead atoms. The summed E-state index contributed by atoms with van der Waals surface area (Å²) in [5.41, 5.74) is 3.78. The number of rotatable bonds is 4. The fourth-order valence-electron chi connectivity index (χ4n) is 4.07. The van der Waals surface area contributed by atoms with Crippen molar-refractivity contribution < 1.29 is 4.79 Å². The number of nitrogens with one attached hydrogen (secondary N) is 1. The maximum Gasteiger partial charge on any atom is 0.279 e. The average Bonchev–Trinajstić information content (AvgIpc) is 3.07. The topological polar surface area (TPSA) is 76.9 Å². The van der Waals surface area contributed by atoms with Crippen LogP contribution in [0.25, 0.3) is 10.2 Å². The molecule has 0 radical (unpaired) electrons. The van der Waals surface area contributed by atoms with Gasteiger partial charge in [0.15, 0.2) is 4.83 Å². The van der Waals surface area contributed by atoms with Crippen molar-refractivity contribution >= 4 is 33.1 Å². The summed E-state index contributed by atoms with van der Waals surface area (Å²) in [6.45, 7) is 7.95. The number of hydrogen-bond donors (Lipinski definition) is 1. The predicted octanol–water partition coefficient (Wildman–Crippen LogP) is 4.05. The number of para-hydroxylation sites is 1. The van der Waals surface area contributed by atoms with E-state index < -0.39 is 6.04 Å². The van der Waals surface area contributed by atoms with E-state index >= 15 is 0 Å². The molecule has 1 aromatic carbocycles. The molecule has 0 saturated heterocycles. The molecule has 0 aliphatic heterocycles. The van der Waals surface area contributed by atoms with Gasteiger partial charge in [-0.1, -0.05) is 37.3 Å². The molecule has 0 unspecified atom stereocenters. The molecule has 2 heterocycles. The van der Waals surface area contributed by atoms with Crippen LogP contribution in [-0.4, -0.2) is 20.9 Å². The molecule has 152 valence electrons. The fraction of sp³-hybridized carbons (Fsp3) is 0.455. The van der Waals surface area contributed by atoms with Crippen molar-refractivity contribution in [3.8, 4) is 0 Å². The standard InChI is InChI=1S/C22H26N4O2S/c1-5-15-8-6-7-13(3)19(15)23-20(27)14(4)26-22(28)18-16-10-9-12(2)11-17(16)29-21(18)24-25-26/h6-8,12,14H,5,9-11H2,1-4H3,(H,23,27)/t12-,14-/m0/s1. The highest BCUT2D eigenvalue weighted by Crippen LogP contribution is 2.35. The lowest BCUT2D eigenvalue weighted by atomic mass is 9.89. The number of carbonyl (C=O) groups is 1. The average molecular weight is 411 g/mol. The Labute approximate surface area is 173 Å². The van der Waals surface area contributed by atoms with Crippen molar-refractivity contribution in [2.75, 3.05) is 5.32 Å². The number of amides is 1. The van der Waals surface area contributed by atoms with E-state index in [0.717, 1.165) is 48.1 Å². The van der Waals surface area contributed by atoms with E-state index in [2.05, 4.69) is 29.5 Å². The van der Waals surface area contributed by atoms with E-state index in [1.807, 2.05) is 25.1 Å². The Hall–Kier alpha value is -2.54. The molecule has 29 heavy (non-hydrogen) atoms. The van der Waals surface area contributed by atoms with Gasteiger partial charge < -0.3 is 5.32 Å². The van der Waals surface area contributed by atoms with Gasteiger partial charge in [-0.05, 0) is 62.1 Å². The number of fused-ring (bicyclic) bond motifs is 3. The summed E-state index contributed by atoms with van der Waals surface area (Å²) in [4.78, 5) is 28.1. The van der Waals surface area contributed by atoms with E-state index in [4.69, 9.17) is 0 Å². The van der Waals surface area contributed by atoms with Crippen LogP contribution in [0.15, 0.2) is 23.0 Å². The van der Waals surface area contributed by atoms with Gasteiger partial charge in [-0.15, -0.1) is 16.4 Å². The Bertz CT molecular complexity index is 1150. The van der Waals surface area contributed by atoms with E-state index in [0.29, 0.717) is 16.1 Å². The zero-order valence-electron chi connectivity index (χ0n) is 17.3. The summed E-state index contributed by atoms with van der Waals surface area (Å²) < 4.78 is 1.23. The third kappa shape index (κ3) is 3.48. The van der Waals surface area contributed by atoms with Crippen molar-refractivity contribution in [1.29, 1.82) is 0 Å². The summed E-state index contributed by atoms with van der Waals surface area (Å²) >= 11 is 1.57. The van der Waals surface area contributed by atoms with Crippen LogP contribution < -0.4 is 10.9 Å². The SMILES string of the molecule is CCc1cccc(C)c1NC(=O)[C@H](C)n1nnc2sc3c(c2c1=O)CC[C@H](C)C3. The summed E-state index contributed by atoms with van der Waals surface area (Å²) in [7, 11) is 0. The lowest BCUT2D eigenvalue weighted by molar-refractivity contribution is -0.119. The van der Waals surface area contributed by atoms with E-state index in [9.17, 15) is 9.59 Å². The molecule has 6 nitrogen and oxygen atoms in total. The number of anilines is 1. The van der Waals surface area contributed by atoms with Crippen molar-refractivity contribution in [3.05, 3.63) is 50.1 Å². The third-order valence-electron chi connectivity index (χ3n) is 5.88. The lowest BCUT2D eigenvalue weighted by Gasteiger charge is -2.18. The van der Waals surface area contributed by atoms with Crippen LogP contribution in [0, 0.1) is 12.8 Å². The summed E-state index contributed by atoms with van der Waals surface area (Å²) in [6, 6.07) is 5.21. The molecule has 3 aromatic rings. The molecule has 2 aromatic heterocycles. The van der Waals surface area contributed by atoms with E-state index in [1.165, 1.54) is 9.56 Å². The minimum absolute atomic E-state index is 0.217. The number of nitrogens with zero attached hydrogens (tertiary/aromatic N) is 3. The maximum absolute atomic E-state index is 13.2. The van der Waals surface area contributed by atoms with Crippen molar-refractivity contribution in [2.45, 2.75) is 59.4 Å². The van der Waals surface area contributed by atoms with E-state index in [-0.39, 0.29) is 11.5 Å². The molecule has 0 spiro atoms. The second-order valence-corrected chi connectivity index (χ2v) is 9.08. The van der Waals surface area contributed by atoms with Gasteiger partial charge in [-0.2, -0.15) is 4.68 Å². The molecule has 1 amide bonds. The van der Waals surface area contributed by atoms with Gasteiger partial charge in [-0.3, -0.25) is 9.59 Å². The zero-order chi connectivity index (χ0) is 20.7. The Kier molecular flexibility index (Phi) is 5.25. The fourth-order valence-corrected chi connectivity index (χ4v) is 5.38. The van der Waals surface area contributed by atoms with Gasteiger partial charge in [0.25, 0.3) is 5.56 Å². The van der Waals surface area contributed by atoms with Gasteiger partial charge in [-0.25, -0.2) is 0 Å². The first-order valence-electron chi connectivity index (χ1n) is 10.2. The molecule has 1 N–H and O–H groups in total. The first-order chi connectivity index (χ1) is 13.9. The molecule has 0 saturated carbocycles. The molecule has 2 atom stereocenters. The highest BCUT2D eigenvalue weighted by atomic mass is 32.1. The highest BCUT2D eigenvalue weighted by molar-refractivity contribution is 7.18. The molecule has 0 fully saturated rings. The zero-order valence-corrected chi connectivity index (χ0v) is 18.1. The Morgan fingerprint density at radius 1 is 1.41 bits per heavy atom. The van der Waals surface area contributed by atoms with Gasteiger partial charge in [0.1, 0.15) is 6.04 Å². The number of aromatic nitrogens is 3. The maximum atomic E-state index is 13.2. The Morgan fingerprint density at radius 2 is 2.21 bits per heavy atom. The van der Waals surface area contributed by atoms with Crippen LogP contribution in [0.1, 0.15) is 54.8 Å². The molecule has 1 aliphatic rings. The van der Waals surface area contributed by atoms with Crippen LogP contribution >= 0.6 is 11.3 Å². The van der Waals surface area contributed by atoms with Gasteiger partial charge in [0.05, 0.1) is 5.39 Å². The van der Waals surface area contributed by atoms with Crippen LogP contribution in [0.5, 0.6) is 0 Å². The Balaban J connectivity index is 1.69. The van der Waals surface area contributed by atoms with Crippen molar-refractivity contribution in [1.82, 2.24) is 15.0 Å². The molecule has 7 heteroatoms. The quantitative estimate of drug-likeness (QED) is 0.704. The minimum Gasteiger partial charge on any atom is -0.324 e. The largest absolute Gasteiger partial charge is 0.324 e. The van der Waals surface area contributed by atoms with Crippen LogP contribution in [0.2, 0.25) is 0 Å². The number of benzene rings is 1. The van der Waals surface area contributed by atoms with Crippen LogP contribution in [-0.2, 0) is 24.1 Å². The molecular formula is C22H26N4O2S. The number of aryl methyl sites for hydroxylation is 3. The van der Waals surface area contributed by atoms with Crippen LogP contribution in [0.3, 0.4) is 0 Å². The molecular weight excluding hydrogens is 384 g/mol. The third-order valence-corrected chi connectivity index (χ3v) is 7.02. The highest BCUT2D eigenvalue weighted by Gasteiger charge is 2.26. The minimum atomic E-state index is -0.748. The van der Waals surface area contributed by atoms with E-state index in [1.54, 1.807) is 18.3 Å². The molecule has 1 aliphatic carbocycles. The van der Waals surface area contributed by atoms with Crippen LogP contribution in [0.4, 0.5) is 5.69 Å². The normalized spacial score (nSPS) is 17.2. The summed E-state index contributed by atoms with van der Waals surface area (Å²) in [6.07, 6.45) is 3.76. The van der Waals surface area contributed by atoms with Gasteiger partial charge in [0.2, 0.25) is 5.91 Å². The first kappa shape index (κ1) is 19.8. The predicted molar refractivity (Wildman–Crippen MR) is 117 cm³/mol. The van der Waals surface area contributed by atoms with Crippen molar-refractivity contribution in [3.63, 3.8) is 0 Å². The molecule has 4 rings (SSSR count). The second-order valence-electron chi connectivity index (χ2n) is 8.00. The second kappa shape index (κ2) is 7.71. The lowest BCUT2D eigenvalue weighted by Crippen LogP contribution is -2.34. The van der Waals surface area contributed by atoms with Crippen molar-refractivity contribution in [2.24, 2.45) is 5.92 Å². The monoisotopic (exact) mass is 410 g/mol.